The number of likely N-dealkylation sites (tertiary alicyclic amines) is 1. The smallest absolute Gasteiger partial charge is 0.408 e. The quantitative estimate of drug-likeness (QED) is 0.327. The lowest BCUT2D eigenvalue weighted by Crippen LogP contribution is -2.60. The Kier molecular flexibility index (Phi) is 8.69. The molecule has 1 aliphatic carbocycles. The molecule has 41 heavy (non-hydrogen) atoms. The van der Waals surface area contributed by atoms with Crippen molar-refractivity contribution in [1.29, 1.82) is 0 Å². The molecule has 1 unspecified atom stereocenters. The van der Waals surface area contributed by atoms with E-state index in [-0.39, 0.29) is 24.9 Å². The Morgan fingerprint density at radius 3 is 2.24 bits per heavy atom. The summed E-state index contributed by atoms with van der Waals surface area (Å²) in [5, 5.41) is 11.9. The van der Waals surface area contributed by atoms with E-state index in [1.807, 2.05) is 42.5 Å². The molecule has 1 atom stereocenters. The molecule has 0 saturated carbocycles. The van der Waals surface area contributed by atoms with E-state index in [9.17, 15) is 14.4 Å². The molecule has 1 saturated heterocycles. The molecule has 2 N–H and O–H groups in total. The molecule has 3 aromatic rings. The third-order valence-electron chi connectivity index (χ3n) is 8.17. The Morgan fingerprint density at radius 1 is 0.951 bits per heavy atom. The largest absolute Gasteiger partial charge is 0.481 e. The summed E-state index contributed by atoms with van der Waals surface area (Å²) < 4.78 is 5.83. The van der Waals surface area contributed by atoms with Crippen LogP contribution < -0.4 is 5.32 Å². The van der Waals surface area contributed by atoms with E-state index < -0.39 is 17.6 Å². The number of amides is 2. The lowest BCUT2D eigenvalue weighted by molar-refractivity contribution is -0.137. The van der Waals surface area contributed by atoms with E-state index >= 15 is 0 Å². The number of hydrogen-bond acceptors (Lipinski definition) is 5. The normalized spacial score (nSPS) is 18.0. The molecule has 0 spiro atoms. The van der Waals surface area contributed by atoms with Crippen molar-refractivity contribution in [3.8, 4) is 11.1 Å². The van der Waals surface area contributed by atoms with Gasteiger partial charge < -0.3 is 20.1 Å². The SMILES string of the molecule is CN(CCCCC(=O)O)C(=O)C1(NC(=O)OCC2c3ccccc3-c3ccccc32)CCN(Cc2ccccc2)C1. The van der Waals surface area contributed by atoms with Crippen molar-refractivity contribution in [2.24, 2.45) is 0 Å². The summed E-state index contributed by atoms with van der Waals surface area (Å²) in [6, 6.07) is 26.4. The van der Waals surface area contributed by atoms with Gasteiger partial charge >= 0.3 is 12.1 Å². The number of hydrogen-bond donors (Lipinski definition) is 2. The number of unbranched alkanes of at least 4 members (excludes halogenated alkanes) is 1. The Morgan fingerprint density at radius 2 is 1.59 bits per heavy atom. The van der Waals surface area contributed by atoms with Crippen LogP contribution in [0, 0.1) is 0 Å². The van der Waals surface area contributed by atoms with Gasteiger partial charge in [-0.3, -0.25) is 14.5 Å². The number of aliphatic carboxylic acids is 1. The van der Waals surface area contributed by atoms with Crippen LogP contribution in [-0.4, -0.2) is 71.7 Å². The van der Waals surface area contributed by atoms with Crippen LogP contribution in [0.3, 0.4) is 0 Å². The van der Waals surface area contributed by atoms with E-state index in [1.54, 1.807) is 11.9 Å². The molecule has 8 heteroatoms. The first kappa shape index (κ1) is 28.4. The lowest BCUT2D eigenvalue weighted by atomic mass is 9.96. The van der Waals surface area contributed by atoms with Gasteiger partial charge in [-0.2, -0.15) is 0 Å². The van der Waals surface area contributed by atoms with Gasteiger partial charge in [0, 0.05) is 45.6 Å². The zero-order chi connectivity index (χ0) is 28.8. The van der Waals surface area contributed by atoms with Crippen LogP contribution in [-0.2, 0) is 20.9 Å². The molecule has 1 aliphatic heterocycles. The predicted octanol–water partition coefficient (Wildman–Crippen LogP) is 4.88. The average molecular weight is 556 g/mol. The molecule has 3 aromatic carbocycles. The van der Waals surface area contributed by atoms with Crippen LogP contribution in [0.15, 0.2) is 78.9 Å². The summed E-state index contributed by atoms with van der Waals surface area (Å²) in [4.78, 5) is 41.8. The van der Waals surface area contributed by atoms with Crippen LogP contribution in [0.25, 0.3) is 11.1 Å². The minimum atomic E-state index is -1.13. The van der Waals surface area contributed by atoms with E-state index in [4.69, 9.17) is 9.84 Å². The van der Waals surface area contributed by atoms with Gasteiger partial charge in [-0.25, -0.2) is 4.79 Å². The molecule has 5 rings (SSSR count). The number of carbonyl (C=O) groups is 3. The minimum Gasteiger partial charge on any atom is -0.481 e. The number of alkyl carbamates (subject to hydrolysis) is 1. The summed E-state index contributed by atoms with van der Waals surface area (Å²) >= 11 is 0. The van der Waals surface area contributed by atoms with Crippen molar-refractivity contribution >= 4 is 18.0 Å². The van der Waals surface area contributed by atoms with Crippen molar-refractivity contribution in [2.75, 3.05) is 33.3 Å². The maximum atomic E-state index is 13.8. The molecular weight excluding hydrogens is 518 g/mol. The van der Waals surface area contributed by atoms with E-state index in [0.717, 1.165) is 27.8 Å². The van der Waals surface area contributed by atoms with Crippen LogP contribution >= 0.6 is 0 Å². The average Bonchev–Trinajstić information content (AvgIpc) is 3.53. The number of nitrogens with zero attached hydrogens (tertiary/aromatic N) is 2. The molecule has 0 aromatic heterocycles. The maximum Gasteiger partial charge on any atom is 0.408 e. The second kappa shape index (κ2) is 12.6. The minimum absolute atomic E-state index is 0.0655. The highest BCUT2D eigenvalue weighted by molar-refractivity contribution is 5.90. The fourth-order valence-electron chi connectivity index (χ4n) is 6.12. The number of fused-ring (bicyclic) bond motifs is 3. The van der Waals surface area contributed by atoms with Gasteiger partial charge in [0.05, 0.1) is 0 Å². The van der Waals surface area contributed by atoms with Crippen LogP contribution in [0.2, 0.25) is 0 Å². The first-order chi connectivity index (χ1) is 19.9. The molecule has 1 fully saturated rings. The van der Waals surface area contributed by atoms with Crippen LogP contribution in [0.1, 0.15) is 48.3 Å². The molecule has 2 aliphatic rings. The molecule has 0 radical (unpaired) electrons. The van der Waals surface area contributed by atoms with Crippen molar-refractivity contribution in [2.45, 2.75) is 43.7 Å². The fourth-order valence-corrected chi connectivity index (χ4v) is 6.12. The monoisotopic (exact) mass is 555 g/mol. The maximum absolute atomic E-state index is 13.8. The summed E-state index contributed by atoms with van der Waals surface area (Å²) in [7, 11) is 1.71. The summed E-state index contributed by atoms with van der Waals surface area (Å²) in [5.41, 5.74) is 4.57. The van der Waals surface area contributed by atoms with Crippen LogP contribution in [0.4, 0.5) is 4.79 Å². The predicted molar refractivity (Wildman–Crippen MR) is 156 cm³/mol. The molecule has 2 amide bonds. The highest BCUT2D eigenvalue weighted by atomic mass is 16.5. The first-order valence-corrected chi connectivity index (χ1v) is 14.2. The number of carboxylic acid groups (broad SMARTS) is 1. The zero-order valence-electron chi connectivity index (χ0n) is 23.4. The number of ether oxygens (including phenoxy) is 1. The third-order valence-corrected chi connectivity index (χ3v) is 8.17. The van der Waals surface area contributed by atoms with Gasteiger partial charge in [-0.1, -0.05) is 78.9 Å². The van der Waals surface area contributed by atoms with Gasteiger partial charge in [-0.05, 0) is 47.1 Å². The number of nitrogens with one attached hydrogen (secondary N) is 1. The standard InChI is InChI=1S/C33H37N3O5/c1-35(19-10-9-17-30(37)38)31(39)33(18-20-36(23-33)21-24-11-3-2-4-12-24)34-32(40)41-22-29-27-15-7-5-13-25(27)26-14-6-8-16-28(26)29/h2-8,11-16,29H,9-10,17-23H2,1H3,(H,34,40)(H,37,38). The number of rotatable bonds is 11. The second-order valence-corrected chi connectivity index (χ2v) is 11.1. The molecule has 1 heterocycles. The van der Waals surface area contributed by atoms with Crippen molar-refractivity contribution < 1.29 is 24.2 Å². The highest BCUT2D eigenvalue weighted by Gasteiger charge is 2.47. The second-order valence-electron chi connectivity index (χ2n) is 11.1. The summed E-state index contributed by atoms with van der Waals surface area (Å²) in [6.45, 7) is 2.27. The Hall–Kier alpha value is -4.17. The number of benzene rings is 3. The number of carbonyl (C=O) groups excluding carboxylic acids is 2. The number of carboxylic acids is 1. The summed E-state index contributed by atoms with van der Waals surface area (Å²) in [6.07, 6.45) is 0.975. The third kappa shape index (κ3) is 6.43. The van der Waals surface area contributed by atoms with Crippen molar-refractivity contribution in [3.05, 3.63) is 95.6 Å². The van der Waals surface area contributed by atoms with E-state index in [1.165, 1.54) is 0 Å². The Labute approximate surface area is 240 Å². The highest BCUT2D eigenvalue weighted by Crippen LogP contribution is 2.44. The zero-order valence-corrected chi connectivity index (χ0v) is 23.4. The van der Waals surface area contributed by atoms with Gasteiger partial charge in [0.2, 0.25) is 5.91 Å². The molecule has 214 valence electrons. The Balaban J connectivity index is 1.28. The Bertz CT molecular complexity index is 1350. The van der Waals surface area contributed by atoms with Gasteiger partial charge in [0.1, 0.15) is 12.1 Å². The van der Waals surface area contributed by atoms with Crippen LogP contribution in [0.5, 0.6) is 0 Å². The number of likely N-dealkylation sites (N-methyl/N-ethyl adjacent to an activating group) is 1. The first-order valence-electron chi connectivity index (χ1n) is 14.2. The molecule has 8 nitrogen and oxygen atoms in total. The van der Waals surface area contributed by atoms with Crippen molar-refractivity contribution in [3.63, 3.8) is 0 Å². The van der Waals surface area contributed by atoms with Gasteiger partial charge in [0.15, 0.2) is 0 Å². The topological polar surface area (TPSA) is 99.2 Å². The fraction of sp³-hybridized carbons (Fsp3) is 0.364. The summed E-state index contributed by atoms with van der Waals surface area (Å²) in [5.74, 6) is -1.11. The van der Waals surface area contributed by atoms with E-state index in [0.29, 0.717) is 45.4 Å². The lowest BCUT2D eigenvalue weighted by Gasteiger charge is -2.33. The molecule has 0 bridgehead atoms. The van der Waals surface area contributed by atoms with E-state index in [2.05, 4.69) is 46.6 Å². The molecular formula is C33H37N3O5. The van der Waals surface area contributed by atoms with Gasteiger partial charge in [-0.15, -0.1) is 0 Å². The van der Waals surface area contributed by atoms with Crippen molar-refractivity contribution in [1.82, 2.24) is 15.1 Å². The van der Waals surface area contributed by atoms with Gasteiger partial charge in [0.25, 0.3) is 0 Å².